The molecule has 0 aliphatic carbocycles. The van der Waals surface area contributed by atoms with Crippen LogP contribution in [0.1, 0.15) is 22.3 Å². The lowest BCUT2D eigenvalue weighted by atomic mass is 10.1. The molecule has 0 radical (unpaired) electrons. The van der Waals surface area contributed by atoms with Gasteiger partial charge < -0.3 is 9.32 Å². The molecule has 0 unspecified atom stereocenters. The Balaban J connectivity index is 1.51. The van der Waals surface area contributed by atoms with Gasteiger partial charge in [-0.25, -0.2) is 4.79 Å². The summed E-state index contributed by atoms with van der Waals surface area (Å²) in [5.41, 5.74) is 6.55. The maximum atomic E-state index is 12.0. The van der Waals surface area contributed by atoms with E-state index in [1.54, 1.807) is 6.07 Å². The van der Waals surface area contributed by atoms with Crippen molar-refractivity contribution < 1.29 is 4.42 Å². The molecule has 0 atom stereocenters. The van der Waals surface area contributed by atoms with E-state index >= 15 is 0 Å². The highest BCUT2D eigenvalue weighted by Gasteiger charge is 2.19. The van der Waals surface area contributed by atoms with Crippen molar-refractivity contribution in [2.45, 2.75) is 27.3 Å². The van der Waals surface area contributed by atoms with Crippen molar-refractivity contribution >= 4 is 16.7 Å². The Hall–Kier alpha value is -2.59. The fourth-order valence-electron chi connectivity index (χ4n) is 3.92. The summed E-state index contributed by atoms with van der Waals surface area (Å²) in [5, 5.41) is 1.04. The maximum Gasteiger partial charge on any atom is 0.336 e. The van der Waals surface area contributed by atoms with E-state index in [0.29, 0.717) is 5.58 Å². The molecule has 0 bridgehead atoms. The lowest BCUT2D eigenvalue weighted by Gasteiger charge is -2.37. The third-order valence-corrected chi connectivity index (χ3v) is 5.46. The minimum atomic E-state index is -0.267. The molecular weight excluding hydrogens is 336 g/mol. The van der Waals surface area contributed by atoms with Crippen LogP contribution in [0.3, 0.4) is 0 Å². The molecule has 27 heavy (non-hydrogen) atoms. The molecule has 0 amide bonds. The quantitative estimate of drug-likeness (QED) is 0.659. The number of hydrogen-bond donors (Lipinski definition) is 0. The molecule has 4 rings (SSSR count). The number of anilines is 1. The Morgan fingerprint density at radius 2 is 1.59 bits per heavy atom. The summed E-state index contributed by atoms with van der Waals surface area (Å²) >= 11 is 0. The SMILES string of the molecule is Cc1ccc(C)c(N2CCN(Cc3cc(=O)oc4cc(C)ccc34)CC2)c1. The summed E-state index contributed by atoms with van der Waals surface area (Å²) in [7, 11) is 0. The number of aryl methyl sites for hydroxylation is 3. The summed E-state index contributed by atoms with van der Waals surface area (Å²) in [5.74, 6) is 0. The van der Waals surface area contributed by atoms with Gasteiger partial charge in [0.15, 0.2) is 0 Å². The summed E-state index contributed by atoms with van der Waals surface area (Å²) < 4.78 is 5.39. The van der Waals surface area contributed by atoms with Crippen LogP contribution < -0.4 is 10.5 Å². The average molecular weight is 362 g/mol. The molecule has 140 valence electrons. The lowest BCUT2D eigenvalue weighted by Crippen LogP contribution is -2.46. The fourth-order valence-corrected chi connectivity index (χ4v) is 3.92. The van der Waals surface area contributed by atoms with Crippen LogP contribution in [0.15, 0.2) is 51.7 Å². The first-order valence-corrected chi connectivity index (χ1v) is 9.57. The molecule has 0 saturated carbocycles. The molecule has 0 N–H and O–H groups in total. The zero-order chi connectivity index (χ0) is 19.0. The number of piperazine rings is 1. The second kappa shape index (κ2) is 7.20. The Labute approximate surface area is 160 Å². The van der Waals surface area contributed by atoms with Gasteiger partial charge in [0, 0.05) is 49.9 Å². The van der Waals surface area contributed by atoms with Gasteiger partial charge in [0.1, 0.15) is 5.58 Å². The summed E-state index contributed by atoms with van der Waals surface area (Å²) in [4.78, 5) is 16.9. The zero-order valence-electron chi connectivity index (χ0n) is 16.3. The highest BCUT2D eigenvalue weighted by Crippen LogP contribution is 2.24. The van der Waals surface area contributed by atoms with Crippen LogP contribution in [0, 0.1) is 20.8 Å². The van der Waals surface area contributed by atoms with Crippen molar-refractivity contribution in [1.29, 1.82) is 0 Å². The molecule has 3 aromatic rings. The molecular formula is C23H26N2O2. The van der Waals surface area contributed by atoms with Crippen molar-refractivity contribution in [2.75, 3.05) is 31.1 Å². The first-order valence-electron chi connectivity index (χ1n) is 9.57. The molecule has 0 spiro atoms. The van der Waals surface area contributed by atoms with Gasteiger partial charge in [-0.15, -0.1) is 0 Å². The van der Waals surface area contributed by atoms with E-state index in [9.17, 15) is 4.79 Å². The highest BCUT2D eigenvalue weighted by molar-refractivity contribution is 5.80. The van der Waals surface area contributed by atoms with E-state index in [1.807, 2.05) is 13.0 Å². The number of benzene rings is 2. The minimum Gasteiger partial charge on any atom is -0.423 e. The largest absolute Gasteiger partial charge is 0.423 e. The van der Waals surface area contributed by atoms with Crippen LogP contribution >= 0.6 is 0 Å². The van der Waals surface area contributed by atoms with E-state index in [-0.39, 0.29) is 5.63 Å². The molecule has 2 heterocycles. The van der Waals surface area contributed by atoms with Crippen LogP contribution in [0.2, 0.25) is 0 Å². The highest BCUT2D eigenvalue weighted by atomic mass is 16.4. The molecule has 1 saturated heterocycles. The van der Waals surface area contributed by atoms with Gasteiger partial charge in [-0.3, -0.25) is 4.90 Å². The van der Waals surface area contributed by atoms with Crippen molar-refractivity contribution in [1.82, 2.24) is 4.90 Å². The smallest absolute Gasteiger partial charge is 0.336 e. The van der Waals surface area contributed by atoms with E-state index in [4.69, 9.17) is 4.42 Å². The predicted octanol–water partition coefficient (Wildman–Crippen LogP) is 4.04. The van der Waals surface area contributed by atoms with Gasteiger partial charge in [-0.05, 0) is 55.2 Å². The van der Waals surface area contributed by atoms with E-state index in [1.165, 1.54) is 16.8 Å². The summed E-state index contributed by atoms with van der Waals surface area (Å²) in [6.07, 6.45) is 0. The van der Waals surface area contributed by atoms with Gasteiger partial charge in [0.25, 0.3) is 0 Å². The van der Waals surface area contributed by atoms with E-state index < -0.39 is 0 Å². The van der Waals surface area contributed by atoms with Crippen LogP contribution in [-0.4, -0.2) is 31.1 Å². The van der Waals surface area contributed by atoms with Crippen molar-refractivity contribution in [3.8, 4) is 0 Å². The topological polar surface area (TPSA) is 36.7 Å². The Bertz CT molecular complexity index is 1030. The number of nitrogens with zero attached hydrogens (tertiary/aromatic N) is 2. The van der Waals surface area contributed by atoms with Crippen molar-refractivity contribution in [2.24, 2.45) is 0 Å². The van der Waals surface area contributed by atoms with Crippen LogP contribution in [0.4, 0.5) is 5.69 Å². The van der Waals surface area contributed by atoms with Gasteiger partial charge in [-0.2, -0.15) is 0 Å². The molecule has 2 aromatic carbocycles. The average Bonchev–Trinajstić information content (AvgIpc) is 2.64. The van der Waals surface area contributed by atoms with Gasteiger partial charge in [0.2, 0.25) is 0 Å². The molecule has 1 aliphatic rings. The summed E-state index contributed by atoms with van der Waals surface area (Å²) in [6.45, 7) is 11.1. The van der Waals surface area contributed by atoms with Gasteiger partial charge in [-0.1, -0.05) is 24.3 Å². The summed E-state index contributed by atoms with van der Waals surface area (Å²) in [6, 6.07) is 14.4. The third-order valence-electron chi connectivity index (χ3n) is 5.46. The second-order valence-corrected chi connectivity index (χ2v) is 7.64. The van der Waals surface area contributed by atoms with E-state index in [0.717, 1.165) is 49.2 Å². The molecule has 1 fully saturated rings. The Morgan fingerprint density at radius 1 is 0.889 bits per heavy atom. The predicted molar refractivity (Wildman–Crippen MR) is 111 cm³/mol. The first kappa shape index (κ1) is 17.8. The third kappa shape index (κ3) is 3.76. The normalized spacial score (nSPS) is 15.4. The van der Waals surface area contributed by atoms with Crippen molar-refractivity contribution in [3.05, 3.63) is 75.1 Å². The molecule has 4 nitrogen and oxygen atoms in total. The maximum absolute atomic E-state index is 12.0. The van der Waals surface area contributed by atoms with Crippen LogP contribution in [0.25, 0.3) is 11.0 Å². The fraction of sp³-hybridized carbons (Fsp3) is 0.348. The Morgan fingerprint density at radius 3 is 2.37 bits per heavy atom. The number of fused-ring (bicyclic) bond motifs is 1. The Kier molecular flexibility index (Phi) is 4.75. The standard InChI is InChI=1S/C23H26N2O2/c1-16-4-6-18(3)21(12-16)25-10-8-24(9-11-25)15-19-14-23(26)27-22-13-17(2)5-7-20(19)22/h4-7,12-14H,8-11,15H2,1-3H3. The number of rotatable bonds is 3. The van der Waals surface area contributed by atoms with Gasteiger partial charge >= 0.3 is 5.63 Å². The van der Waals surface area contributed by atoms with Crippen molar-refractivity contribution in [3.63, 3.8) is 0 Å². The lowest BCUT2D eigenvalue weighted by molar-refractivity contribution is 0.250. The zero-order valence-corrected chi connectivity index (χ0v) is 16.3. The van der Waals surface area contributed by atoms with Crippen LogP contribution in [-0.2, 0) is 6.54 Å². The molecule has 1 aliphatic heterocycles. The second-order valence-electron chi connectivity index (χ2n) is 7.64. The minimum absolute atomic E-state index is 0.267. The first-order chi connectivity index (χ1) is 13.0. The van der Waals surface area contributed by atoms with Gasteiger partial charge in [0.05, 0.1) is 0 Å². The molecule has 4 heteroatoms. The van der Waals surface area contributed by atoms with E-state index in [2.05, 4.69) is 54.0 Å². The van der Waals surface area contributed by atoms with Crippen LogP contribution in [0.5, 0.6) is 0 Å². The number of hydrogen-bond acceptors (Lipinski definition) is 4. The molecule has 1 aromatic heterocycles. The monoisotopic (exact) mass is 362 g/mol.